The van der Waals surface area contributed by atoms with Crippen molar-refractivity contribution in [2.75, 3.05) is 20.3 Å². The molecule has 1 aliphatic heterocycles. The molecule has 6 nitrogen and oxygen atoms in total. The van der Waals surface area contributed by atoms with Gasteiger partial charge in [-0.2, -0.15) is 0 Å². The molecule has 1 aliphatic rings. The summed E-state index contributed by atoms with van der Waals surface area (Å²) in [4.78, 5) is 32.3. The number of thiazole rings is 1. The van der Waals surface area contributed by atoms with Crippen molar-refractivity contribution in [3.63, 3.8) is 0 Å². The van der Waals surface area contributed by atoms with Crippen molar-refractivity contribution in [2.24, 2.45) is 4.99 Å². The summed E-state index contributed by atoms with van der Waals surface area (Å²) in [6, 6.07) is 10.5. The van der Waals surface area contributed by atoms with Gasteiger partial charge in [0.25, 0.3) is 5.56 Å². The molecule has 1 unspecified atom stereocenters. The molecule has 0 fully saturated rings. The van der Waals surface area contributed by atoms with Gasteiger partial charge in [0.05, 0.1) is 22.4 Å². The molecule has 1 aromatic carbocycles. The minimum absolute atomic E-state index is 0.127. The van der Waals surface area contributed by atoms with E-state index in [0.29, 0.717) is 32.2 Å². The maximum absolute atomic E-state index is 13.4. The van der Waals surface area contributed by atoms with E-state index in [-0.39, 0.29) is 12.2 Å². The Bertz CT molecular complexity index is 1320. The quantitative estimate of drug-likeness (QED) is 0.406. The summed E-state index contributed by atoms with van der Waals surface area (Å²) in [6.07, 6.45) is 1.79. The van der Waals surface area contributed by atoms with E-state index < -0.39 is 12.0 Å². The molecule has 9 heteroatoms. The van der Waals surface area contributed by atoms with Gasteiger partial charge in [-0.3, -0.25) is 9.36 Å². The Balaban J connectivity index is 1.86. The van der Waals surface area contributed by atoms with Crippen molar-refractivity contribution in [2.45, 2.75) is 13.0 Å². The summed E-state index contributed by atoms with van der Waals surface area (Å²) >= 11 is 8.85. The molecule has 3 aromatic rings. The second-order valence-corrected chi connectivity index (χ2v) is 9.21. The van der Waals surface area contributed by atoms with Gasteiger partial charge in [0.15, 0.2) is 4.80 Å². The topological polar surface area (TPSA) is 69.9 Å². The maximum Gasteiger partial charge on any atom is 0.338 e. The molecule has 0 N–H and O–H groups in total. The lowest BCUT2D eigenvalue weighted by atomic mass is 10.0. The van der Waals surface area contributed by atoms with Gasteiger partial charge < -0.3 is 9.47 Å². The smallest absolute Gasteiger partial charge is 0.338 e. The number of esters is 1. The number of rotatable bonds is 6. The fourth-order valence-corrected chi connectivity index (χ4v) is 5.41. The van der Waals surface area contributed by atoms with E-state index in [1.807, 2.05) is 29.6 Å². The second-order valence-electron chi connectivity index (χ2n) is 6.78. The number of methoxy groups -OCH3 is 1. The van der Waals surface area contributed by atoms with Gasteiger partial charge in [-0.15, -0.1) is 11.3 Å². The summed E-state index contributed by atoms with van der Waals surface area (Å²) in [5, 5.41) is 2.51. The van der Waals surface area contributed by atoms with Crippen LogP contribution in [-0.2, 0) is 14.3 Å². The van der Waals surface area contributed by atoms with Crippen molar-refractivity contribution in [1.82, 2.24) is 4.57 Å². The first kappa shape index (κ1) is 21.7. The van der Waals surface area contributed by atoms with Crippen LogP contribution in [0.25, 0.3) is 6.08 Å². The zero-order chi connectivity index (χ0) is 22.0. The number of fused-ring (bicyclic) bond motifs is 1. The predicted octanol–water partition coefficient (Wildman–Crippen LogP) is 3.14. The Labute approximate surface area is 191 Å². The molecule has 0 saturated heterocycles. The van der Waals surface area contributed by atoms with Crippen LogP contribution in [0.4, 0.5) is 0 Å². The summed E-state index contributed by atoms with van der Waals surface area (Å²) in [5.41, 5.74) is 1.51. The normalized spacial score (nSPS) is 16.2. The van der Waals surface area contributed by atoms with E-state index in [1.165, 1.54) is 29.8 Å². The molecule has 3 heterocycles. The molecular weight excluding hydrogens is 456 g/mol. The SMILES string of the molecule is COCCOC(=O)C1=C(C)N=c2sc(=Cc3cccc(Cl)c3)c(=O)n2C1c1cccs1. The third kappa shape index (κ3) is 4.43. The minimum Gasteiger partial charge on any atom is -0.460 e. The Morgan fingerprint density at radius 1 is 1.29 bits per heavy atom. The number of aromatic nitrogens is 1. The first-order valence-corrected chi connectivity index (χ1v) is 11.5. The van der Waals surface area contributed by atoms with E-state index in [4.69, 9.17) is 21.1 Å². The number of hydrogen-bond donors (Lipinski definition) is 0. The number of carbonyl (C=O) groups is 1. The van der Waals surface area contributed by atoms with Crippen LogP contribution in [-0.4, -0.2) is 30.9 Å². The third-order valence-electron chi connectivity index (χ3n) is 4.72. The number of thiophene rings is 1. The van der Waals surface area contributed by atoms with Gasteiger partial charge in [0.1, 0.15) is 12.6 Å². The number of ether oxygens (including phenoxy) is 2. The molecule has 0 saturated carbocycles. The lowest BCUT2D eigenvalue weighted by Crippen LogP contribution is -2.39. The molecule has 0 radical (unpaired) electrons. The maximum atomic E-state index is 13.4. The van der Waals surface area contributed by atoms with E-state index in [1.54, 1.807) is 29.7 Å². The molecule has 1 atom stereocenters. The standard InChI is InChI=1S/C22H19ClN2O4S2/c1-13-18(21(27)29-9-8-28-2)19(16-7-4-10-30-16)25-20(26)17(31-22(25)24-13)12-14-5-3-6-15(23)11-14/h3-7,10-12,19H,8-9H2,1-2H3. The predicted molar refractivity (Wildman–Crippen MR) is 122 cm³/mol. The molecule has 0 bridgehead atoms. The van der Waals surface area contributed by atoms with Crippen LogP contribution in [0.2, 0.25) is 5.02 Å². The molecule has 31 heavy (non-hydrogen) atoms. The van der Waals surface area contributed by atoms with E-state index in [9.17, 15) is 9.59 Å². The lowest BCUT2D eigenvalue weighted by molar-refractivity contribution is -0.140. The van der Waals surface area contributed by atoms with Crippen LogP contribution in [0, 0.1) is 0 Å². The second kappa shape index (κ2) is 9.32. The third-order valence-corrected chi connectivity index (χ3v) is 6.86. The summed E-state index contributed by atoms with van der Waals surface area (Å²) < 4.78 is 12.4. The zero-order valence-corrected chi connectivity index (χ0v) is 19.2. The Hall–Kier alpha value is -2.52. The molecule has 4 rings (SSSR count). The number of nitrogens with zero attached hydrogens (tertiary/aromatic N) is 2. The van der Waals surface area contributed by atoms with Gasteiger partial charge in [-0.05, 0) is 42.1 Å². The molecule has 0 spiro atoms. The highest BCUT2D eigenvalue weighted by Gasteiger charge is 2.33. The van der Waals surface area contributed by atoms with Crippen LogP contribution in [0.5, 0.6) is 0 Å². The van der Waals surface area contributed by atoms with Gasteiger partial charge >= 0.3 is 5.97 Å². The lowest BCUT2D eigenvalue weighted by Gasteiger charge is -2.23. The van der Waals surface area contributed by atoms with Crippen molar-refractivity contribution in [3.8, 4) is 0 Å². The largest absolute Gasteiger partial charge is 0.460 e. The van der Waals surface area contributed by atoms with Gasteiger partial charge in [0.2, 0.25) is 0 Å². The number of hydrogen-bond acceptors (Lipinski definition) is 7. The number of benzene rings is 1. The summed E-state index contributed by atoms with van der Waals surface area (Å²) in [7, 11) is 1.54. The highest BCUT2D eigenvalue weighted by Crippen LogP contribution is 2.33. The molecule has 0 amide bonds. The van der Waals surface area contributed by atoms with Crippen molar-refractivity contribution in [1.29, 1.82) is 0 Å². The minimum atomic E-state index is -0.590. The average molecular weight is 475 g/mol. The first-order chi connectivity index (χ1) is 15.0. The van der Waals surface area contributed by atoms with Gasteiger partial charge in [-0.1, -0.05) is 41.1 Å². The van der Waals surface area contributed by atoms with Crippen molar-refractivity contribution in [3.05, 3.63) is 88.2 Å². The van der Waals surface area contributed by atoms with Crippen molar-refractivity contribution >= 4 is 46.3 Å². The molecular formula is C22H19ClN2O4S2. The highest BCUT2D eigenvalue weighted by molar-refractivity contribution is 7.10. The van der Waals surface area contributed by atoms with Crippen LogP contribution in [0.1, 0.15) is 23.4 Å². The number of halogens is 1. The summed E-state index contributed by atoms with van der Waals surface area (Å²) in [5.74, 6) is -0.499. The van der Waals surface area contributed by atoms with Crippen LogP contribution >= 0.6 is 34.3 Å². The average Bonchev–Trinajstić information content (AvgIpc) is 3.36. The highest BCUT2D eigenvalue weighted by atomic mass is 35.5. The van der Waals surface area contributed by atoms with E-state index in [2.05, 4.69) is 4.99 Å². The molecule has 2 aromatic heterocycles. The molecule has 160 valence electrons. The van der Waals surface area contributed by atoms with Gasteiger partial charge in [-0.25, -0.2) is 9.79 Å². The first-order valence-electron chi connectivity index (χ1n) is 9.47. The fourth-order valence-electron chi connectivity index (χ4n) is 3.34. The Morgan fingerprint density at radius 2 is 2.13 bits per heavy atom. The van der Waals surface area contributed by atoms with E-state index >= 15 is 0 Å². The summed E-state index contributed by atoms with van der Waals surface area (Å²) in [6.45, 7) is 2.19. The van der Waals surface area contributed by atoms with Gasteiger partial charge in [0, 0.05) is 17.0 Å². The monoisotopic (exact) mass is 474 g/mol. The molecule has 0 aliphatic carbocycles. The Kier molecular flexibility index (Phi) is 6.52. The van der Waals surface area contributed by atoms with Crippen LogP contribution < -0.4 is 14.9 Å². The zero-order valence-electron chi connectivity index (χ0n) is 16.8. The van der Waals surface area contributed by atoms with Crippen LogP contribution in [0.15, 0.2) is 62.8 Å². The number of allylic oxidation sites excluding steroid dienone is 1. The fraction of sp³-hybridized carbons (Fsp3) is 0.227. The Morgan fingerprint density at radius 3 is 2.84 bits per heavy atom. The van der Waals surface area contributed by atoms with E-state index in [0.717, 1.165) is 10.4 Å². The number of carbonyl (C=O) groups excluding carboxylic acids is 1. The van der Waals surface area contributed by atoms with Crippen LogP contribution in [0.3, 0.4) is 0 Å². The van der Waals surface area contributed by atoms with Crippen molar-refractivity contribution < 1.29 is 14.3 Å².